The van der Waals surface area contributed by atoms with Gasteiger partial charge in [0.15, 0.2) is 0 Å². The topological polar surface area (TPSA) is 61.8 Å². The van der Waals surface area contributed by atoms with Gasteiger partial charge in [-0.05, 0) is 19.8 Å². The van der Waals surface area contributed by atoms with Crippen LogP contribution in [0.15, 0.2) is 0 Å². The van der Waals surface area contributed by atoms with E-state index in [-0.39, 0.29) is 24.7 Å². The Morgan fingerprint density at radius 2 is 2.22 bits per heavy atom. The van der Waals surface area contributed by atoms with Crippen molar-refractivity contribution in [2.45, 2.75) is 50.8 Å². The van der Waals surface area contributed by atoms with Crippen LogP contribution in [-0.2, 0) is 9.53 Å². The minimum atomic E-state index is -0.152. The predicted molar refractivity (Wildman–Crippen MR) is 68.3 cm³/mol. The van der Waals surface area contributed by atoms with Crippen molar-refractivity contribution in [3.8, 4) is 0 Å². The lowest BCUT2D eigenvalue weighted by molar-refractivity contribution is -0.130. The Hall–Kier alpha value is -0.650. The molecule has 1 aliphatic carbocycles. The Labute approximate surface area is 108 Å². The Balaban J connectivity index is 1.81. The zero-order valence-electron chi connectivity index (χ0n) is 11.1. The normalized spacial score (nSPS) is 28.2. The van der Waals surface area contributed by atoms with Gasteiger partial charge < -0.3 is 15.2 Å². The molecule has 2 unspecified atom stereocenters. The fourth-order valence-electron chi connectivity index (χ4n) is 2.76. The fraction of sp³-hybridized carbons (Fsp3) is 0.923. The van der Waals surface area contributed by atoms with E-state index in [1.54, 1.807) is 0 Å². The highest BCUT2D eigenvalue weighted by molar-refractivity contribution is 5.81. The van der Waals surface area contributed by atoms with Gasteiger partial charge in [0, 0.05) is 19.1 Å². The first kappa shape index (κ1) is 13.8. The Bertz CT molecular complexity index is 279. The zero-order chi connectivity index (χ0) is 13.0. The van der Waals surface area contributed by atoms with Crippen molar-refractivity contribution in [2.75, 3.05) is 26.3 Å². The van der Waals surface area contributed by atoms with Gasteiger partial charge in [0.2, 0.25) is 5.91 Å². The molecule has 1 heterocycles. The third kappa shape index (κ3) is 3.43. The second kappa shape index (κ2) is 6.50. The number of aliphatic hydroxyl groups excluding tert-OH is 1. The molecule has 2 atom stereocenters. The minimum Gasteiger partial charge on any atom is -0.394 e. The standard InChI is InChI=1S/C13H24N2O3/c1-10(13(17)14-11-4-2-3-5-11)15-6-7-18-12(8-15)9-16/h10-12,16H,2-9H2,1H3,(H,14,17). The lowest BCUT2D eigenvalue weighted by Gasteiger charge is -2.35. The SMILES string of the molecule is CC(C(=O)NC1CCCC1)N1CCOC(CO)C1. The Kier molecular flexibility index (Phi) is 4.97. The van der Waals surface area contributed by atoms with Crippen molar-refractivity contribution in [3.63, 3.8) is 0 Å². The molecule has 104 valence electrons. The van der Waals surface area contributed by atoms with E-state index in [9.17, 15) is 4.79 Å². The first-order valence-corrected chi connectivity index (χ1v) is 6.97. The molecule has 1 saturated heterocycles. The monoisotopic (exact) mass is 256 g/mol. The molecule has 5 nitrogen and oxygen atoms in total. The van der Waals surface area contributed by atoms with Crippen LogP contribution in [-0.4, -0.2) is 60.4 Å². The zero-order valence-corrected chi connectivity index (χ0v) is 11.1. The molecule has 2 N–H and O–H groups in total. The first-order chi connectivity index (χ1) is 8.70. The number of carbonyl (C=O) groups is 1. The third-order valence-corrected chi connectivity index (χ3v) is 4.00. The van der Waals surface area contributed by atoms with Gasteiger partial charge in [-0.2, -0.15) is 0 Å². The van der Waals surface area contributed by atoms with Crippen molar-refractivity contribution >= 4 is 5.91 Å². The maximum absolute atomic E-state index is 12.1. The largest absolute Gasteiger partial charge is 0.394 e. The Morgan fingerprint density at radius 1 is 1.50 bits per heavy atom. The smallest absolute Gasteiger partial charge is 0.237 e. The van der Waals surface area contributed by atoms with Crippen molar-refractivity contribution < 1.29 is 14.6 Å². The van der Waals surface area contributed by atoms with Gasteiger partial charge in [-0.1, -0.05) is 12.8 Å². The van der Waals surface area contributed by atoms with Gasteiger partial charge >= 0.3 is 0 Å². The number of nitrogens with one attached hydrogen (secondary N) is 1. The highest BCUT2D eigenvalue weighted by Gasteiger charge is 2.29. The van der Waals surface area contributed by atoms with Crippen LogP contribution in [0.5, 0.6) is 0 Å². The molecule has 1 aliphatic heterocycles. The molecule has 1 saturated carbocycles. The summed E-state index contributed by atoms with van der Waals surface area (Å²) < 4.78 is 5.40. The number of morpholine rings is 1. The van der Waals surface area contributed by atoms with Gasteiger partial charge in [0.25, 0.3) is 0 Å². The molecule has 1 amide bonds. The maximum Gasteiger partial charge on any atom is 0.237 e. The lowest BCUT2D eigenvalue weighted by atomic mass is 10.1. The van der Waals surface area contributed by atoms with Crippen molar-refractivity contribution in [2.24, 2.45) is 0 Å². The van der Waals surface area contributed by atoms with Crippen LogP contribution < -0.4 is 5.32 Å². The molecule has 0 aromatic heterocycles. The van der Waals surface area contributed by atoms with Crippen LogP contribution in [0.3, 0.4) is 0 Å². The molecule has 0 bridgehead atoms. The first-order valence-electron chi connectivity index (χ1n) is 6.97. The van der Waals surface area contributed by atoms with Crippen LogP contribution in [0.2, 0.25) is 0 Å². The summed E-state index contributed by atoms with van der Waals surface area (Å²) in [5.41, 5.74) is 0. The molecule has 2 aliphatic rings. The van der Waals surface area contributed by atoms with Gasteiger partial charge in [-0.25, -0.2) is 0 Å². The van der Waals surface area contributed by atoms with E-state index in [2.05, 4.69) is 10.2 Å². The van der Waals surface area contributed by atoms with Crippen molar-refractivity contribution in [1.82, 2.24) is 10.2 Å². The van der Waals surface area contributed by atoms with Crippen LogP contribution in [0, 0.1) is 0 Å². The van der Waals surface area contributed by atoms with Gasteiger partial charge in [0.05, 0.1) is 25.4 Å². The number of ether oxygens (including phenoxy) is 1. The number of hydrogen-bond donors (Lipinski definition) is 2. The number of hydrogen-bond acceptors (Lipinski definition) is 4. The minimum absolute atomic E-state index is 0.0213. The summed E-state index contributed by atoms with van der Waals surface area (Å²) in [6, 6.07) is 0.234. The van der Waals surface area contributed by atoms with Crippen LogP contribution >= 0.6 is 0 Å². The lowest BCUT2D eigenvalue weighted by Crippen LogP contribution is -2.54. The maximum atomic E-state index is 12.1. The number of amides is 1. The summed E-state index contributed by atoms with van der Waals surface area (Å²) in [4.78, 5) is 14.2. The van der Waals surface area contributed by atoms with Crippen LogP contribution in [0.4, 0.5) is 0 Å². The summed E-state index contributed by atoms with van der Waals surface area (Å²) in [5.74, 6) is 0.112. The van der Waals surface area contributed by atoms with E-state index in [1.807, 2.05) is 6.92 Å². The summed E-state index contributed by atoms with van der Waals surface area (Å²) in [6.45, 7) is 3.94. The van der Waals surface area contributed by atoms with Gasteiger partial charge in [-0.3, -0.25) is 9.69 Å². The summed E-state index contributed by atoms with van der Waals surface area (Å²) in [7, 11) is 0. The second-order valence-electron chi connectivity index (χ2n) is 5.34. The summed E-state index contributed by atoms with van der Waals surface area (Å²) in [5, 5.41) is 12.2. The van der Waals surface area contributed by atoms with E-state index in [0.29, 0.717) is 19.2 Å². The average molecular weight is 256 g/mol. The number of rotatable bonds is 4. The second-order valence-corrected chi connectivity index (χ2v) is 5.34. The number of aliphatic hydroxyl groups is 1. The van der Waals surface area contributed by atoms with E-state index in [0.717, 1.165) is 19.4 Å². The highest BCUT2D eigenvalue weighted by atomic mass is 16.5. The molecule has 0 aromatic rings. The van der Waals surface area contributed by atoms with Crippen molar-refractivity contribution in [1.29, 1.82) is 0 Å². The van der Waals surface area contributed by atoms with Crippen molar-refractivity contribution in [3.05, 3.63) is 0 Å². The Morgan fingerprint density at radius 3 is 2.89 bits per heavy atom. The molecule has 0 radical (unpaired) electrons. The fourth-order valence-corrected chi connectivity index (χ4v) is 2.76. The quantitative estimate of drug-likeness (QED) is 0.750. The average Bonchev–Trinajstić information content (AvgIpc) is 2.90. The van der Waals surface area contributed by atoms with E-state index in [1.165, 1.54) is 12.8 Å². The van der Waals surface area contributed by atoms with E-state index >= 15 is 0 Å². The van der Waals surface area contributed by atoms with E-state index < -0.39 is 0 Å². The number of nitrogens with zero attached hydrogens (tertiary/aromatic N) is 1. The van der Waals surface area contributed by atoms with Crippen LogP contribution in [0.25, 0.3) is 0 Å². The molecule has 2 rings (SSSR count). The predicted octanol–water partition coefficient (Wildman–Crippen LogP) is 0.127. The van der Waals surface area contributed by atoms with Crippen LogP contribution in [0.1, 0.15) is 32.6 Å². The van der Waals surface area contributed by atoms with Gasteiger partial charge in [-0.15, -0.1) is 0 Å². The highest BCUT2D eigenvalue weighted by Crippen LogP contribution is 2.18. The third-order valence-electron chi connectivity index (χ3n) is 4.00. The van der Waals surface area contributed by atoms with Gasteiger partial charge in [0.1, 0.15) is 0 Å². The van der Waals surface area contributed by atoms with E-state index in [4.69, 9.17) is 9.84 Å². The number of carbonyl (C=O) groups excluding carboxylic acids is 1. The summed E-state index contributed by atoms with van der Waals surface area (Å²) >= 11 is 0. The molecular formula is C13H24N2O3. The molecular weight excluding hydrogens is 232 g/mol. The molecule has 0 aromatic carbocycles. The molecule has 18 heavy (non-hydrogen) atoms. The summed E-state index contributed by atoms with van der Waals surface area (Å²) in [6.07, 6.45) is 4.52. The molecule has 0 spiro atoms. The molecule has 5 heteroatoms. The molecule has 2 fully saturated rings.